The largest absolute Gasteiger partial charge is 0.434 e. The topological polar surface area (TPSA) is 26.3 Å². The summed E-state index contributed by atoms with van der Waals surface area (Å²) in [7, 11) is 0. The van der Waals surface area contributed by atoms with Crippen molar-refractivity contribution in [3.63, 3.8) is 0 Å². The molecule has 0 aromatic heterocycles. The molecule has 0 saturated heterocycles. The van der Waals surface area contributed by atoms with E-state index in [1.54, 1.807) is 0 Å². The lowest BCUT2D eigenvalue weighted by molar-refractivity contribution is -0.142. The number of halogens is 6. The molecule has 0 aliphatic carbocycles. The highest BCUT2D eigenvalue weighted by Crippen LogP contribution is 2.40. The van der Waals surface area contributed by atoms with E-state index in [-0.39, 0.29) is 0 Å². The van der Waals surface area contributed by atoms with E-state index in [0.717, 1.165) is 12.1 Å². The smallest absolute Gasteiger partial charge is 0.420 e. The molecule has 1 aromatic rings. The molecule has 0 aliphatic rings. The number of carbonyl (C=O) groups excluding carboxylic acids is 1. The monoisotopic (exact) mass is 302 g/mol. The number of alkyl halides is 6. The Morgan fingerprint density at radius 1 is 1.32 bits per heavy atom. The molecule has 1 aromatic carbocycles. The van der Waals surface area contributed by atoms with Crippen molar-refractivity contribution in [2.75, 3.05) is 0 Å². The predicted molar refractivity (Wildman–Crippen MR) is 57.7 cm³/mol. The van der Waals surface area contributed by atoms with Gasteiger partial charge >= 0.3 is 12.8 Å². The van der Waals surface area contributed by atoms with Gasteiger partial charge < -0.3 is 4.74 Å². The third-order valence-electron chi connectivity index (χ3n) is 2.15. The lowest BCUT2D eigenvalue weighted by Gasteiger charge is -2.17. The Morgan fingerprint density at radius 2 is 1.89 bits per heavy atom. The summed E-state index contributed by atoms with van der Waals surface area (Å²) < 4.78 is 66.5. The fourth-order valence-electron chi connectivity index (χ4n) is 1.44. The van der Waals surface area contributed by atoms with Gasteiger partial charge in [0.15, 0.2) is 5.78 Å². The average Bonchev–Trinajstić information content (AvgIpc) is 2.25. The van der Waals surface area contributed by atoms with Crippen LogP contribution in [0, 0.1) is 0 Å². The van der Waals surface area contributed by atoms with Crippen molar-refractivity contribution >= 4 is 17.4 Å². The van der Waals surface area contributed by atoms with Gasteiger partial charge in [-0.2, -0.15) is 22.0 Å². The van der Waals surface area contributed by atoms with Crippen molar-refractivity contribution < 1.29 is 31.5 Å². The zero-order valence-corrected chi connectivity index (χ0v) is 10.2. The van der Waals surface area contributed by atoms with E-state index >= 15 is 0 Å². The van der Waals surface area contributed by atoms with E-state index < -0.39 is 40.8 Å². The normalized spacial score (nSPS) is 13.5. The Hall–Kier alpha value is -1.37. The van der Waals surface area contributed by atoms with Crippen molar-refractivity contribution in [3.8, 4) is 5.75 Å². The van der Waals surface area contributed by atoms with Gasteiger partial charge in [-0.05, 0) is 13.0 Å². The summed E-state index contributed by atoms with van der Waals surface area (Å²) in [5.74, 6) is -2.13. The van der Waals surface area contributed by atoms with Crippen LogP contribution in [0.1, 0.15) is 22.8 Å². The summed E-state index contributed by atoms with van der Waals surface area (Å²) in [5, 5.41) is -1.22. The van der Waals surface area contributed by atoms with Crippen LogP contribution in [-0.2, 0) is 6.18 Å². The summed E-state index contributed by atoms with van der Waals surface area (Å²) in [6.45, 7) is -2.25. The maximum absolute atomic E-state index is 12.9. The minimum Gasteiger partial charge on any atom is -0.434 e. The third-order valence-corrected chi connectivity index (χ3v) is 2.35. The fraction of sp³-hybridized carbons (Fsp3) is 0.364. The first kappa shape index (κ1) is 15.7. The summed E-state index contributed by atoms with van der Waals surface area (Å²) >= 11 is 5.44. The molecule has 0 aliphatic heterocycles. The van der Waals surface area contributed by atoms with Crippen LogP contribution in [-0.4, -0.2) is 17.8 Å². The number of hydrogen-bond acceptors (Lipinski definition) is 2. The minimum absolute atomic E-state index is 0.713. The second-order valence-corrected chi connectivity index (χ2v) is 4.19. The van der Waals surface area contributed by atoms with Crippen LogP contribution >= 0.6 is 11.6 Å². The fourth-order valence-corrected chi connectivity index (χ4v) is 1.55. The minimum atomic E-state index is -5.01. The van der Waals surface area contributed by atoms with Crippen LogP contribution < -0.4 is 4.74 Å². The quantitative estimate of drug-likeness (QED) is 0.475. The number of ketones is 1. The number of rotatable bonds is 4. The number of hydrogen-bond donors (Lipinski definition) is 0. The highest BCUT2D eigenvalue weighted by molar-refractivity contribution is 6.33. The van der Waals surface area contributed by atoms with Crippen LogP contribution in [0.15, 0.2) is 18.2 Å². The first-order valence-corrected chi connectivity index (χ1v) is 5.41. The third kappa shape index (κ3) is 3.79. The molecule has 0 saturated carbocycles. The molecule has 0 spiro atoms. The Bertz CT molecular complexity index is 471. The van der Waals surface area contributed by atoms with E-state index in [1.165, 1.54) is 6.92 Å². The highest BCUT2D eigenvalue weighted by Gasteiger charge is 2.39. The zero-order valence-electron chi connectivity index (χ0n) is 9.47. The molecule has 0 heterocycles. The number of carbonyl (C=O) groups is 1. The molecule has 1 rings (SSSR count). The first-order chi connectivity index (χ1) is 8.64. The SMILES string of the molecule is CC(Cl)C(=O)c1cccc(OC(F)F)c1C(F)(F)F. The molecule has 2 nitrogen and oxygen atoms in total. The lowest BCUT2D eigenvalue weighted by atomic mass is 10.0. The molecule has 0 bridgehead atoms. The summed E-state index contributed by atoms with van der Waals surface area (Å²) in [5.41, 5.74) is -2.35. The Morgan fingerprint density at radius 3 is 2.32 bits per heavy atom. The molecule has 0 N–H and O–H groups in total. The Balaban J connectivity index is 3.43. The maximum Gasteiger partial charge on any atom is 0.420 e. The van der Waals surface area contributed by atoms with Crippen molar-refractivity contribution in [1.82, 2.24) is 0 Å². The number of ether oxygens (including phenoxy) is 1. The summed E-state index contributed by atoms with van der Waals surface area (Å²) in [4.78, 5) is 11.6. The highest BCUT2D eigenvalue weighted by atomic mass is 35.5. The summed E-state index contributed by atoms with van der Waals surface area (Å²) in [6, 6.07) is 2.59. The molecule has 0 radical (unpaired) electrons. The van der Waals surface area contributed by atoms with Gasteiger partial charge in [0.1, 0.15) is 11.3 Å². The van der Waals surface area contributed by atoms with E-state index in [4.69, 9.17) is 11.6 Å². The molecule has 0 fully saturated rings. The zero-order chi connectivity index (χ0) is 14.8. The first-order valence-electron chi connectivity index (χ1n) is 4.98. The molecular formula is C11H8ClF5O2. The molecule has 1 atom stereocenters. The second-order valence-electron chi connectivity index (χ2n) is 3.54. The maximum atomic E-state index is 12.9. The van der Waals surface area contributed by atoms with Crippen LogP contribution in [0.4, 0.5) is 22.0 Å². The Kier molecular flexibility index (Phi) is 4.73. The molecular weight excluding hydrogens is 295 g/mol. The molecule has 1 unspecified atom stereocenters. The molecule has 106 valence electrons. The van der Waals surface area contributed by atoms with Gasteiger partial charge in [-0.3, -0.25) is 4.79 Å². The lowest BCUT2D eigenvalue weighted by Crippen LogP contribution is -2.20. The number of benzene rings is 1. The van der Waals surface area contributed by atoms with Crippen molar-refractivity contribution in [2.24, 2.45) is 0 Å². The van der Waals surface area contributed by atoms with Crippen LogP contribution in [0.5, 0.6) is 5.75 Å². The van der Waals surface area contributed by atoms with E-state index in [0.29, 0.717) is 6.07 Å². The molecule has 0 amide bonds. The van der Waals surface area contributed by atoms with Gasteiger partial charge in [0.25, 0.3) is 0 Å². The van der Waals surface area contributed by atoms with Crippen LogP contribution in [0.3, 0.4) is 0 Å². The van der Waals surface area contributed by atoms with Gasteiger partial charge in [-0.25, -0.2) is 0 Å². The second kappa shape index (κ2) is 5.73. The predicted octanol–water partition coefficient (Wildman–Crippen LogP) is 4.12. The number of Topliss-reactive ketones (excluding diaryl/α,β-unsaturated/α-hetero) is 1. The van der Waals surface area contributed by atoms with Crippen molar-refractivity contribution in [3.05, 3.63) is 29.3 Å². The molecule has 19 heavy (non-hydrogen) atoms. The Labute approximate surface area is 110 Å². The van der Waals surface area contributed by atoms with Gasteiger partial charge in [0, 0.05) is 5.56 Å². The van der Waals surface area contributed by atoms with Gasteiger partial charge in [-0.15, -0.1) is 11.6 Å². The van der Waals surface area contributed by atoms with Gasteiger partial charge in [-0.1, -0.05) is 12.1 Å². The van der Waals surface area contributed by atoms with Crippen LogP contribution in [0.2, 0.25) is 0 Å². The van der Waals surface area contributed by atoms with E-state index in [2.05, 4.69) is 4.74 Å². The average molecular weight is 303 g/mol. The molecule has 8 heteroatoms. The van der Waals surface area contributed by atoms with Crippen LogP contribution in [0.25, 0.3) is 0 Å². The van der Waals surface area contributed by atoms with Crippen molar-refractivity contribution in [1.29, 1.82) is 0 Å². The van der Waals surface area contributed by atoms with Gasteiger partial charge in [0.05, 0.1) is 5.38 Å². The van der Waals surface area contributed by atoms with E-state index in [1.807, 2.05) is 0 Å². The standard InChI is InChI=1S/C11H8ClF5O2/c1-5(12)9(18)6-3-2-4-7(19-10(13)14)8(6)11(15,16)17/h2-5,10H,1H3. The van der Waals surface area contributed by atoms with Gasteiger partial charge in [0.2, 0.25) is 0 Å². The van der Waals surface area contributed by atoms with Crippen molar-refractivity contribution in [2.45, 2.75) is 25.1 Å². The summed E-state index contributed by atoms with van der Waals surface area (Å²) in [6.07, 6.45) is -5.01. The van der Waals surface area contributed by atoms with E-state index in [9.17, 15) is 26.7 Å².